The van der Waals surface area contributed by atoms with Gasteiger partial charge in [0.25, 0.3) is 5.56 Å². The predicted octanol–water partition coefficient (Wildman–Crippen LogP) is 5.10. The number of nitrogens with zero attached hydrogens (tertiary/aromatic N) is 4. The Hall–Kier alpha value is -3.23. The molecular weight excluding hydrogens is 416 g/mol. The Morgan fingerprint density at radius 2 is 1.83 bits per heavy atom. The van der Waals surface area contributed by atoms with Crippen molar-refractivity contribution in [3.8, 4) is 17.1 Å². The fraction of sp³-hybridized carbons (Fsp3) is 0.0909. The van der Waals surface area contributed by atoms with Crippen molar-refractivity contribution in [1.82, 2.24) is 19.7 Å². The van der Waals surface area contributed by atoms with Gasteiger partial charge in [0.2, 0.25) is 11.7 Å². The molecule has 0 saturated carbocycles. The SMILES string of the molecule is Cc1ccc(-c2noc(CSc3nc4ccsc4c(=O)n3-c3ccccc3)n2)cc1. The lowest BCUT2D eigenvalue weighted by Gasteiger charge is -2.11. The van der Waals surface area contributed by atoms with E-state index in [1.807, 2.05) is 73.0 Å². The fourth-order valence-corrected chi connectivity index (χ4v) is 4.66. The zero-order chi connectivity index (χ0) is 20.5. The summed E-state index contributed by atoms with van der Waals surface area (Å²) in [6.07, 6.45) is 0. The van der Waals surface area contributed by atoms with E-state index in [1.165, 1.54) is 28.7 Å². The fourth-order valence-electron chi connectivity index (χ4n) is 3.05. The van der Waals surface area contributed by atoms with Crippen molar-refractivity contribution in [2.24, 2.45) is 0 Å². The third kappa shape index (κ3) is 3.55. The van der Waals surface area contributed by atoms with E-state index in [2.05, 4.69) is 10.1 Å². The number of hydrogen-bond acceptors (Lipinski definition) is 7. The van der Waals surface area contributed by atoms with Gasteiger partial charge < -0.3 is 4.52 Å². The highest BCUT2D eigenvalue weighted by Crippen LogP contribution is 2.26. The van der Waals surface area contributed by atoms with Crippen LogP contribution in [-0.2, 0) is 5.75 Å². The maximum atomic E-state index is 13.1. The predicted molar refractivity (Wildman–Crippen MR) is 119 cm³/mol. The molecule has 0 aliphatic heterocycles. The smallest absolute Gasteiger partial charge is 0.276 e. The normalized spacial score (nSPS) is 11.2. The minimum Gasteiger partial charge on any atom is -0.338 e. The van der Waals surface area contributed by atoms with E-state index < -0.39 is 0 Å². The molecule has 0 atom stereocenters. The van der Waals surface area contributed by atoms with Gasteiger partial charge in [0, 0.05) is 5.56 Å². The molecule has 30 heavy (non-hydrogen) atoms. The average Bonchev–Trinajstić information content (AvgIpc) is 3.43. The van der Waals surface area contributed by atoms with Crippen LogP contribution in [0.15, 0.2) is 80.5 Å². The van der Waals surface area contributed by atoms with Gasteiger partial charge in [0.1, 0.15) is 4.70 Å². The maximum Gasteiger partial charge on any atom is 0.276 e. The molecule has 6 nitrogen and oxygen atoms in total. The maximum absolute atomic E-state index is 13.1. The van der Waals surface area contributed by atoms with Crippen molar-refractivity contribution in [2.75, 3.05) is 0 Å². The van der Waals surface area contributed by atoms with Crippen LogP contribution in [0, 0.1) is 6.92 Å². The number of aromatic nitrogens is 4. The molecule has 0 N–H and O–H groups in total. The second-order valence-corrected chi connectivity index (χ2v) is 8.53. The summed E-state index contributed by atoms with van der Waals surface area (Å²) in [6, 6.07) is 19.3. The van der Waals surface area contributed by atoms with Crippen molar-refractivity contribution in [3.05, 3.63) is 87.9 Å². The number of thioether (sulfide) groups is 1. The molecule has 148 valence electrons. The van der Waals surface area contributed by atoms with Crippen molar-refractivity contribution in [3.63, 3.8) is 0 Å². The van der Waals surface area contributed by atoms with Gasteiger partial charge in [-0.25, -0.2) is 4.98 Å². The summed E-state index contributed by atoms with van der Waals surface area (Å²) < 4.78 is 7.71. The van der Waals surface area contributed by atoms with Crippen LogP contribution in [0.5, 0.6) is 0 Å². The largest absolute Gasteiger partial charge is 0.338 e. The van der Waals surface area contributed by atoms with E-state index >= 15 is 0 Å². The van der Waals surface area contributed by atoms with Crippen LogP contribution >= 0.6 is 23.1 Å². The number of fused-ring (bicyclic) bond motifs is 1. The monoisotopic (exact) mass is 432 g/mol. The third-order valence-corrected chi connectivity index (χ3v) is 6.38. The summed E-state index contributed by atoms with van der Waals surface area (Å²) in [6.45, 7) is 2.03. The van der Waals surface area contributed by atoms with Crippen LogP contribution in [0.2, 0.25) is 0 Å². The quantitative estimate of drug-likeness (QED) is 0.284. The van der Waals surface area contributed by atoms with E-state index in [-0.39, 0.29) is 5.56 Å². The highest BCUT2D eigenvalue weighted by Gasteiger charge is 2.16. The van der Waals surface area contributed by atoms with Gasteiger partial charge in [-0.3, -0.25) is 9.36 Å². The standard InChI is InChI=1S/C22H16N4O2S2/c1-14-7-9-15(10-8-14)20-24-18(28-25-20)13-30-22-23-17-11-12-29-19(17)21(27)26(22)16-5-3-2-4-6-16/h2-12H,13H2,1H3. The van der Waals surface area contributed by atoms with Crippen LogP contribution in [0.1, 0.15) is 11.5 Å². The number of thiophene rings is 1. The summed E-state index contributed by atoms with van der Waals surface area (Å²) >= 11 is 2.80. The number of hydrogen-bond donors (Lipinski definition) is 0. The molecule has 5 aromatic rings. The first-order valence-corrected chi connectivity index (χ1v) is 11.1. The second-order valence-electron chi connectivity index (χ2n) is 6.67. The number of benzene rings is 2. The summed E-state index contributed by atoms with van der Waals surface area (Å²) in [5.41, 5.74) is 3.48. The van der Waals surface area contributed by atoms with Gasteiger partial charge in [-0.05, 0) is 30.5 Å². The van der Waals surface area contributed by atoms with Crippen LogP contribution in [0.4, 0.5) is 0 Å². The minimum absolute atomic E-state index is 0.0745. The van der Waals surface area contributed by atoms with Crippen LogP contribution < -0.4 is 5.56 Å². The lowest BCUT2D eigenvalue weighted by molar-refractivity contribution is 0.391. The van der Waals surface area contributed by atoms with Crippen LogP contribution in [0.3, 0.4) is 0 Å². The molecule has 0 unspecified atom stereocenters. The molecule has 0 bridgehead atoms. The molecule has 0 radical (unpaired) electrons. The molecule has 3 heterocycles. The van der Waals surface area contributed by atoms with Gasteiger partial charge in [-0.1, -0.05) is 64.9 Å². The lowest BCUT2D eigenvalue weighted by atomic mass is 10.1. The Morgan fingerprint density at radius 1 is 1.03 bits per heavy atom. The molecule has 5 rings (SSSR count). The highest BCUT2D eigenvalue weighted by atomic mass is 32.2. The molecular formula is C22H16N4O2S2. The van der Waals surface area contributed by atoms with E-state index in [1.54, 1.807) is 4.57 Å². The topological polar surface area (TPSA) is 73.8 Å². The van der Waals surface area contributed by atoms with Gasteiger partial charge in [0.05, 0.1) is 17.0 Å². The second kappa shape index (κ2) is 7.89. The molecule has 3 aromatic heterocycles. The third-order valence-electron chi connectivity index (χ3n) is 4.57. The van der Waals surface area contributed by atoms with E-state index in [0.29, 0.717) is 32.8 Å². The van der Waals surface area contributed by atoms with Crippen molar-refractivity contribution < 1.29 is 4.52 Å². The number of rotatable bonds is 5. The van der Waals surface area contributed by atoms with E-state index in [9.17, 15) is 4.79 Å². The van der Waals surface area contributed by atoms with Gasteiger partial charge >= 0.3 is 0 Å². The Balaban J connectivity index is 1.47. The van der Waals surface area contributed by atoms with E-state index in [4.69, 9.17) is 9.51 Å². The summed E-state index contributed by atoms with van der Waals surface area (Å²) in [4.78, 5) is 22.3. The average molecular weight is 433 g/mol. The summed E-state index contributed by atoms with van der Waals surface area (Å²) in [5.74, 6) is 1.44. The Morgan fingerprint density at radius 3 is 2.63 bits per heavy atom. The van der Waals surface area contributed by atoms with Crippen LogP contribution in [0.25, 0.3) is 27.3 Å². The molecule has 2 aromatic carbocycles. The van der Waals surface area contributed by atoms with Crippen molar-refractivity contribution >= 4 is 33.3 Å². The molecule has 0 aliphatic rings. The lowest BCUT2D eigenvalue weighted by Crippen LogP contribution is -2.20. The molecule has 8 heteroatoms. The van der Waals surface area contributed by atoms with Gasteiger partial charge in [-0.15, -0.1) is 11.3 Å². The number of para-hydroxylation sites is 1. The first-order valence-electron chi connectivity index (χ1n) is 9.27. The number of aryl methyl sites for hydroxylation is 1. The molecule has 0 fully saturated rings. The van der Waals surface area contributed by atoms with Gasteiger partial charge in [0.15, 0.2) is 5.16 Å². The van der Waals surface area contributed by atoms with Crippen LogP contribution in [-0.4, -0.2) is 19.7 Å². The Labute approximate surface area is 180 Å². The minimum atomic E-state index is -0.0745. The summed E-state index contributed by atoms with van der Waals surface area (Å²) in [5, 5.41) is 6.56. The first-order chi connectivity index (χ1) is 14.7. The van der Waals surface area contributed by atoms with Crippen molar-refractivity contribution in [2.45, 2.75) is 17.8 Å². The molecule has 0 amide bonds. The Kier molecular flexibility index (Phi) is 4.94. The van der Waals surface area contributed by atoms with Gasteiger partial charge in [-0.2, -0.15) is 4.98 Å². The highest BCUT2D eigenvalue weighted by molar-refractivity contribution is 7.98. The van der Waals surface area contributed by atoms with E-state index in [0.717, 1.165) is 11.3 Å². The van der Waals surface area contributed by atoms with Crippen molar-refractivity contribution in [1.29, 1.82) is 0 Å². The molecule has 0 spiro atoms. The molecule has 0 saturated heterocycles. The Bertz CT molecular complexity index is 1370. The zero-order valence-corrected chi connectivity index (χ0v) is 17.6. The summed E-state index contributed by atoms with van der Waals surface area (Å²) in [7, 11) is 0. The first kappa shape index (κ1) is 18.8. The molecule has 0 aliphatic carbocycles. The zero-order valence-electron chi connectivity index (χ0n) is 16.0.